The van der Waals surface area contributed by atoms with Crippen molar-refractivity contribution in [2.24, 2.45) is 5.92 Å². The molecule has 0 aromatic carbocycles. The van der Waals surface area contributed by atoms with Crippen LogP contribution in [0, 0.1) is 5.92 Å². The molecule has 0 saturated heterocycles. The first kappa shape index (κ1) is 12.2. The molecule has 1 atom stereocenters. The molecular weight excluding hydrogens is 234 g/mol. The SMILES string of the molecule is CC(C)C(CCCl)Nc1cccc2nccn12. The van der Waals surface area contributed by atoms with Gasteiger partial charge >= 0.3 is 0 Å². The van der Waals surface area contributed by atoms with Crippen LogP contribution >= 0.6 is 11.6 Å². The van der Waals surface area contributed by atoms with E-state index in [1.807, 2.05) is 24.5 Å². The molecule has 2 heterocycles. The second kappa shape index (κ2) is 5.41. The van der Waals surface area contributed by atoms with Crippen molar-refractivity contribution in [2.75, 3.05) is 11.2 Å². The van der Waals surface area contributed by atoms with Crippen molar-refractivity contribution in [3.8, 4) is 0 Å². The Morgan fingerprint density at radius 3 is 2.94 bits per heavy atom. The molecular formula is C13H18ClN3. The van der Waals surface area contributed by atoms with E-state index < -0.39 is 0 Å². The van der Waals surface area contributed by atoms with E-state index in [-0.39, 0.29) is 0 Å². The van der Waals surface area contributed by atoms with Gasteiger partial charge in [0.2, 0.25) is 0 Å². The highest BCUT2D eigenvalue weighted by molar-refractivity contribution is 6.17. The number of hydrogen-bond donors (Lipinski definition) is 1. The molecule has 0 bridgehead atoms. The van der Waals surface area contributed by atoms with Crippen LogP contribution in [0.15, 0.2) is 30.6 Å². The third-order valence-corrected chi connectivity index (χ3v) is 3.20. The lowest BCUT2D eigenvalue weighted by molar-refractivity contribution is 0.511. The molecule has 0 aliphatic heterocycles. The van der Waals surface area contributed by atoms with Crippen molar-refractivity contribution in [2.45, 2.75) is 26.3 Å². The number of halogens is 1. The van der Waals surface area contributed by atoms with Gasteiger partial charge in [0.05, 0.1) is 0 Å². The molecule has 1 unspecified atom stereocenters. The van der Waals surface area contributed by atoms with Gasteiger partial charge in [-0.2, -0.15) is 0 Å². The van der Waals surface area contributed by atoms with Crippen LogP contribution in [0.3, 0.4) is 0 Å². The monoisotopic (exact) mass is 251 g/mol. The summed E-state index contributed by atoms with van der Waals surface area (Å²) in [7, 11) is 0. The summed E-state index contributed by atoms with van der Waals surface area (Å²) < 4.78 is 2.06. The van der Waals surface area contributed by atoms with Gasteiger partial charge in [0.1, 0.15) is 11.5 Å². The first-order chi connectivity index (χ1) is 8.22. The molecule has 0 saturated carbocycles. The molecule has 0 radical (unpaired) electrons. The van der Waals surface area contributed by atoms with E-state index in [0.29, 0.717) is 17.8 Å². The topological polar surface area (TPSA) is 29.3 Å². The molecule has 2 rings (SSSR count). The third kappa shape index (κ3) is 2.72. The normalized spacial score (nSPS) is 13.2. The Morgan fingerprint density at radius 1 is 1.41 bits per heavy atom. The Kier molecular flexibility index (Phi) is 3.89. The van der Waals surface area contributed by atoms with E-state index in [2.05, 4.69) is 34.6 Å². The highest BCUT2D eigenvalue weighted by Crippen LogP contribution is 2.17. The number of alkyl halides is 1. The smallest absolute Gasteiger partial charge is 0.138 e. The number of imidazole rings is 1. The zero-order chi connectivity index (χ0) is 12.3. The van der Waals surface area contributed by atoms with E-state index >= 15 is 0 Å². The Labute approximate surface area is 107 Å². The van der Waals surface area contributed by atoms with Crippen molar-refractivity contribution >= 4 is 23.1 Å². The molecule has 17 heavy (non-hydrogen) atoms. The molecule has 0 amide bonds. The molecule has 3 nitrogen and oxygen atoms in total. The van der Waals surface area contributed by atoms with Gasteiger partial charge < -0.3 is 5.32 Å². The van der Waals surface area contributed by atoms with Crippen LogP contribution in [-0.4, -0.2) is 21.3 Å². The van der Waals surface area contributed by atoms with Gasteiger partial charge in [0, 0.05) is 24.3 Å². The van der Waals surface area contributed by atoms with Gasteiger partial charge in [-0.1, -0.05) is 19.9 Å². The molecule has 4 heteroatoms. The minimum Gasteiger partial charge on any atom is -0.368 e. The second-order valence-electron chi connectivity index (χ2n) is 4.54. The van der Waals surface area contributed by atoms with Crippen molar-refractivity contribution in [1.82, 2.24) is 9.38 Å². The summed E-state index contributed by atoms with van der Waals surface area (Å²) in [4.78, 5) is 4.27. The Balaban J connectivity index is 2.24. The van der Waals surface area contributed by atoms with E-state index in [9.17, 15) is 0 Å². The van der Waals surface area contributed by atoms with E-state index in [0.717, 1.165) is 17.9 Å². The third-order valence-electron chi connectivity index (χ3n) is 2.99. The number of rotatable bonds is 5. The number of nitrogens with zero attached hydrogens (tertiary/aromatic N) is 2. The molecule has 0 aliphatic carbocycles. The van der Waals surface area contributed by atoms with Gasteiger partial charge in [-0.05, 0) is 24.5 Å². The van der Waals surface area contributed by atoms with Crippen molar-refractivity contribution < 1.29 is 0 Å². The maximum Gasteiger partial charge on any atom is 0.138 e. The summed E-state index contributed by atoms with van der Waals surface area (Å²) in [6.45, 7) is 4.41. The van der Waals surface area contributed by atoms with E-state index in [1.165, 1.54) is 0 Å². The minimum atomic E-state index is 0.389. The molecule has 1 N–H and O–H groups in total. The van der Waals surface area contributed by atoms with Crippen molar-refractivity contribution in [1.29, 1.82) is 0 Å². The first-order valence-electron chi connectivity index (χ1n) is 5.97. The summed E-state index contributed by atoms with van der Waals surface area (Å²) in [6.07, 6.45) is 4.74. The van der Waals surface area contributed by atoms with Crippen LogP contribution in [0.5, 0.6) is 0 Å². The summed E-state index contributed by atoms with van der Waals surface area (Å²) >= 11 is 5.84. The van der Waals surface area contributed by atoms with Crippen LogP contribution in [0.25, 0.3) is 5.65 Å². The van der Waals surface area contributed by atoms with Crippen LogP contribution in [0.1, 0.15) is 20.3 Å². The fourth-order valence-electron chi connectivity index (χ4n) is 1.94. The van der Waals surface area contributed by atoms with Crippen LogP contribution in [0.4, 0.5) is 5.82 Å². The quantitative estimate of drug-likeness (QED) is 0.826. The highest BCUT2D eigenvalue weighted by Gasteiger charge is 2.13. The number of hydrogen-bond acceptors (Lipinski definition) is 2. The lowest BCUT2D eigenvalue weighted by atomic mass is 10.0. The fraction of sp³-hybridized carbons (Fsp3) is 0.462. The minimum absolute atomic E-state index is 0.389. The maximum absolute atomic E-state index is 5.84. The summed E-state index contributed by atoms with van der Waals surface area (Å²) in [5.41, 5.74) is 0.961. The lowest BCUT2D eigenvalue weighted by Crippen LogP contribution is -2.27. The van der Waals surface area contributed by atoms with Crippen LogP contribution in [0.2, 0.25) is 0 Å². The first-order valence-corrected chi connectivity index (χ1v) is 6.50. The predicted molar refractivity (Wildman–Crippen MR) is 72.8 cm³/mol. The molecule has 0 spiro atoms. The van der Waals surface area contributed by atoms with Gasteiger partial charge in [-0.3, -0.25) is 4.40 Å². The van der Waals surface area contributed by atoms with Gasteiger partial charge in [-0.15, -0.1) is 11.6 Å². The van der Waals surface area contributed by atoms with Crippen molar-refractivity contribution in [3.05, 3.63) is 30.6 Å². The Bertz CT molecular complexity index is 478. The molecule has 0 aliphatic rings. The van der Waals surface area contributed by atoms with Crippen molar-refractivity contribution in [3.63, 3.8) is 0 Å². The molecule has 92 valence electrons. The number of fused-ring (bicyclic) bond motifs is 1. The Morgan fingerprint density at radius 2 is 2.24 bits per heavy atom. The van der Waals surface area contributed by atoms with Gasteiger partial charge in [0.15, 0.2) is 0 Å². The standard InChI is InChI=1S/C13H18ClN3/c1-10(2)11(6-7-14)16-13-5-3-4-12-15-8-9-17(12)13/h3-5,8-11,16H,6-7H2,1-2H3. The fourth-order valence-corrected chi connectivity index (χ4v) is 2.18. The average Bonchev–Trinajstić information content (AvgIpc) is 2.77. The van der Waals surface area contributed by atoms with Crippen LogP contribution in [-0.2, 0) is 0 Å². The van der Waals surface area contributed by atoms with Crippen LogP contribution < -0.4 is 5.32 Å². The van der Waals surface area contributed by atoms with E-state index in [4.69, 9.17) is 11.6 Å². The number of nitrogens with one attached hydrogen (secondary N) is 1. The summed E-state index contributed by atoms with van der Waals surface area (Å²) in [5.74, 6) is 2.30. The largest absolute Gasteiger partial charge is 0.368 e. The molecule has 2 aromatic rings. The number of aromatic nitrogens is 2. The summed E-state index contributed by atoms with van der Waals surface area (Å²) in [5, 5.41) is 3.55. The number of anilines is 1. The summed E-state index contributed by atoms with van der Waals surface area (Å²) in [6, 6.07) is 6.47. The second-order valence-corrected chi connectivity index (χ2v) is 4.92. The lowest BCUT2D eigenvalue weighted by Gasteiger charge is -2.23. The molecule has 2 aromatic heterocycles. The molecule has 0 fully saturated rings. The van der Waals surface area contributed by atoms with Gasteiger partial charge in [0.25, 0.3) is 0 Å². The zero-order valence-corrected chi connectivity index (χ0v) is 11.0. The Hall–Kier alpha value is -1.22. The maximum atomic E-state index is 5.84. The van der Waals surface area contributed by atoms with E-state index in [1.54, 1.807) is 0 Å². The number of pyridine rings is 1. The zero-order valence-electron chi connectivity index (χ0n) is 10.2. The highest BCUT2D eigenvalue weighted by atomic mass is 35.5. The van der Waals surface area contributed by atoms with Gasteiger partial charge in [-0.25, -0.2) is 4.98 Å². The predicted octanol–water partition coefficient (Wildman–Crippen LogP) is 3.40. The average molecular weight is 252 g/mol.